The maximum absolute atomic E-state index is 4.44. The third kappa shape index (κ3) is 2.58. The molecular weight excluding hydrogens is 188 g/mol. The van der Waals surface area contributed by atoms with Crippen LogP contribution in [0.2, 0.25) is 0 Å². The molecule has 0 saturated heterocycles. The van der Waals surface area contributed by atoms with Gasteiger partial charge in [-0.1, -0.05) is 0 Å². The van der Waals surface area contributed by atoms with Crippen LogP contribution in [0.3, 0.4) is 0 Å². The Bertz CT molecular complexity index is 346. The molecule has 1 fully saturated rings. The van der Waals surface area contributed by atoms with Crippen LogP contribution in [0.15, 0.2) is 6.07 Å². The van der Waals surface area contributed by atoms with Crippen molar-refractivity contribution in [3.05, 3.63) is 11.9 Å². The van der Waals surface area contributed by atoms with Crippen LogP contribution < -0.4 is 10.2 Å². The molecule has 1 saturated carbocycles. The second kappa shape index (κ2) is 4.04. The molecule has 0 unspecified atom stereocenters. The third-order valence-electron chi connectivity index (χ3n) is 2.70. The van der Waals surface area contributed by atoms with E-state index in [-0.39, 0.29) is 0 Å². The summed E-state index contributed by atoms with van der Waals surface area (Å²) in [5.74, 6) is 3.60. The number of hydrogen-bond acceptors (Lipinski definition) is 4. The first-order valence-electron chi connectivity index (χ1n) is 5.43. The Morgan fingerprint density at radius 3 is 2.80 bits per heavy atom. The minimum absolute atomic E-state index is 0.819. The molecule has 0 radical (unpaired) electrons. The summed E-state index contributed by atoms with van der Waals surface area (Å²) < 4.78 is 0. The Kier molecular flexibility index (Phi) is 2.75. The van der Waals surface area contributed by atoms with Crippen LogP contribution in [0.25, 0.3) is 0 Å². The van der Waals surface area contributed by atoms with E-state index in [1.807, 2.05) is 20.0 Å². The van der Waals surface area contributed by atoms with Crippen molar-refractivity contribution in [2.45, 2.75) is 19.8 Å². The van der Waals surface area contributed by atoms with Gasteiger partial charge in [0, 0.05) is 26.7 Å². The molecule has 4 heteroatoms. The molecule has 1 aromatic rings. The lowest BCUT2D eigenvalue weighted by Crippen LogP contribution is -2.21. The molecule has 0 amide bonds. The van der Waals surface area contributed by atoms with Crippen LogP contribution in [0.4, 0.5) is 11.6 Å². The van der Waals surface area contributed by atoms with E-state index in [0.717, 1.165) is 29.9 Å². The lowest BCUT2D eigenvalue weighted by Gasteiger charge is -2.18. The monoisotopic (exact) mass is 206 g/mol. The molecule has 1 N–H and O–H groups in total. The van der Waals surface area contributed by atoms with E-state index in [0.29, 0.717) is 0 Å². The van der Waals surface area contributed by atoms with Crippen molar-refractivity contribution in [1.29, 1.82) is 0 Å². The molecule has 0 bridgehead atoms. The summed E-state index contributed by atoms with van der Waals surface area (Å²) in [6.07, 6.45) is 2.74. The highest BCUT2D eigenvalue weighted by molar-refractivity contribution is 5.48. The zero-order chi connectivity index (χ0) is 10.8. The Balaban J connectivity index is 2.13. The van der Waals surface area contributed by atoms with Gasteiger partial charge in [-0.25, -0.2) is 9.97 Å². The van der Waals surface area contributed by atoms with Crippen LogP contribution in [0.1, 0.15) is 18.7 Å². The van der Waals surface area contributed by atoms with E-state index >= 15 is 0 Å². The predicted octanol–water partition coefficient (Wildman–Crippen LogP) is 1.67. The topological polar surface area (TPSA) is 41.0 Å². The zero-order valence-electron chi connectivity index (χ0n) is 9.62. The number of nitrogens with one attached hydrogen (secondary N) is 1. The first-order chi connectivity index (χ1) is 7.19. The quantitative estimate of drug-likeness (QED) is 0.813. The Labute approximate surface area is 90.7 Å². The van der Waals surface area contributed by atoms with Crippen LogP contribution in [0.5, 0.6) is 0 Å². The highest BCUT2D eigenvalue weighted by Crippen LogP contribution is 2.30. The summed E-state index contributed by atoms with van der Waals surface area (Å²) in [6, 6.07) is 2.00. The predicted molar refractivity (Wildman–Crippen MR) is 62.3 cm³/mol. The average Bonchev–Trinajstić information content (AvgIpc) is 3.00. The molecule has 2 rings (SSSR count). The number of anilines is 2. The third-order valence-corrected chi connectivity index (χ3v) is 2.70. The van der Waals surface area contributed by atoms with Crippen molar-refractivity contribution in [3.63, 3.8) is 0 Å². The van der Waals surface area contributed by atoms with Gasteiger partial charge in [0.15, 0.2) is 0 Å². The highest BCUT2D eigenvalue weighted by Gasteiger charge is 2.23. The average molecular weight is 206 g/mol. The normalized spacial score (nSPS) is 15.1. The van der Waals surface area contributed by atoms with Gasteiger partial charge in [-0.2, -0.15) is 0 Å². The van der Waals surface area contributed by atoms with Crippen molar-refractivity contribution in [3.8, 4) is 0 Å². The molecule has 82 valence electrons. The van der Waals surface area contributed by atoms with Crippen molar-refractivity contribution < 1.29 is 0 Å². The molecule has 1 heterocycles. The SMILES string of the molecule is CNc1cc(N(C)CC2CC2)nc(C)n1. The molecule has 0 aromatic carbocycles. The number of aryl methyl sites for hydroxylation is 1. The molecule has 0 aliphatic heterocycles. The molecule has 0 spiro atoms. The summed E-state index contributed by atoms with van der Waals surface area (Å²) in [6.45, 7) is 3.04. The Morgan fingerprint density at radius 1 is 1.47 bits per heavy atom. The van der Waals surface area contributed by atoms with Gasteiger partial charge in [0.2, 0.25) is 0 Å². The van der Waals surface area contributed by atoms with Gasteiger partial charge in [0.25, 0.3) is 0 Å². The summed E-state index contributed by atoms with van der Waals surface area (Å²) >= 11 is 0. The molecule has 1 aromatic heterocycles. The van der Waals surface area contributed by atoms with E-state index in [2.05, 4.69) is 27.2 Å². The van der Waals surface area contributed by atoms with Crippen LogP contribution in [-0.2, 0) is 0 Å². The summed E-state index contributed by atoms with van der Waals surface area (Å²) in [4.78, 5) is 10.9. The van der Waals surface area contributed by atoms with E-state index in [1.165, 1.54) is 12.8 Å². The van der Waals surface area contributed by atoms with Gasteiger partial charge in [-0.05, 0) is 25.7 Å². The maximum atomic E-state index is 4.44. The standard InChI is InChI=1S/C11H18N4/c1-8-13-10(12-2)6-11(14-8)15(3)7-9-4-5-9/h6,9H,4-5,7H2,1-3H3,(H,12,13,14). The molecule has 1 aliphatic carbocycles. The van der Waals surface area contributed by atoms with Crippen molar-refractivity contribution in [2.24, 2.45) is 5.92 Å². The molecule has 0 atom stereocenters. The fourth-order valence-electron chi connectivity index (χ4n) is 1.66. The van der Waals surface area contributed by atoms with Gasteiger partial charge in [0.1, 0.15) is 17.5 Å². The maximum Gasteiger partial charge on any atom is 0.134 e. The van der Waals surface area contributed by atoms with Gasteiger partial charge >= 0.3 is 0 Å². The molecule has 4 nitrogen and oxygen atoms in total. The van der Waals surface area contributed by atoms with Crippen LogP contribution >= 0.6 is 0 Å². The summed E-state index contributed by atoms with van der Waals surface area (Å²) in [7, 11) is 3.98. The number of hydrogen-bond donors (Lipinski definition) is 1. The van der Waals surface area contributed by atoms with E-state index in [4.69, 9.17) is 0 Å². The van der Waals surface area contributed by atoms with Crippen molar-refractivity contribution >= 4 is 11.6 Å². The number of nitrogens with zero attached hydrogens (tertiary/aromatic N) is 3. The van der Waals surface area contributed by atoms with Crippen molar-refractivity contribution in [2.75, 3.05) is 30.9 Å². The number of aromatic nitrogens is 2. The van der Waals surface area contributed by atoms with Crippen LogP contribution in [-0.4, -0.2) is 30.6 Å². The first-order valence-corrected chi connectivity index (χ1v) is 5.43. The highest BCUT2D eigenvalue weighted by atomic mass is 15.2. The minimum Gasteiger partial charge on any atom is -0.373 e. The fraction of sp³-hybridized carbons (Fsp3) is 0.636. The lowest BCUT2D eigenvalue weighted by atomic mass is 10.3. The second-order valence-corrected chi connectivity index (χ2v) is 4.23. The largest absolute Gasteiger partial charge is 0.373 e. The van der Waals surface area contributed by atoms with Gasteiger partial charge < -0.3 is 10.2 Å². The fourth-order valence-corrected chi connectivity index (χ4v) is 1.66. The van der Waals surface area contributed by atoms with E-state index in [9.17, 15) is 0 Å². The van der Waals surface area contributed by atoms with Gasteiger partial charge in [-0.3, -0.25) is 0 Å². The molecule has 15 heavy (non-hydrogen) atoms. The lowest BCUT2D eigenvalue weighted by molar-refractivity contribution is 0.773. The Hall–Kier alpha value is -1.32. The van der Waals surface area contributed by atoms with Gasteiger partial charge in [-0.15, -0.1) is 0 Å². The van der Waals surface area contributed by atoms with Crippen LogP contribution in [0, 0.1) is 12.8 Å². The number of rotatable bonds is 4. The zero-order valence-corrected chi connectivity index (χ0v) is 9.62. The van der Waals surface area contributed by atoms with E-state index in [1.54, 1.807) is 0 Å². The van der Waals surface area contributed by atoms with Crippen molar-refractivity contribution in [1.82, 2.24) is 9.97 Å². The van der Waals surface area contributed by atoms with E-state index < -0.39 is 0 Å². The van der Waals surface area contributed by atoms with Gasteiger partial charge in [0.05, 0.1) is 0 Å². The summed E-state index contributed by atoms with van der Waals surface area (Å²) in [5.41, 5.74) is 0. The molecule has 1 aliphatic rings. The Morgan fingerprint density at radius 2 is 2.20 bits per heavy atom. The summed E-state index contributed by atoms with van der Waals surface area (Å²) in [5, 5.41) is 3.05. The first kappa shape index (κ1) is 10.2. The minimum atomic E-state index is 0.819. The smallest absolute Gasteiger partial charge is 0.134 e. The second-order valence-electron chi connectivity index (χ2n) is 4.23. The molecular formula is C11H18N4.